The summed E-state index contributed by atoms with van der Waals surface area (Å²) in [5.74, 6) is -1.78. The highest BCUT2D eigenvalue weighted by molar-refractivity contribution is 9.10. The summed E-state index contributed by atoms with van der Waals surface area (Å²) in [5.41, 5.74) is 4.53. The lowest BCUT2D eigenvalue weighted by Gasteiger charge is -2.21. The van der Waals surface area contributed by atoms with Crippen molar-refractivity contribution in [1.82, 2.24) is 4.57 Å². The molecule has 0 spiro atoms. The number of carboxylic acid groups (broad SMARTS) is 1. The number of carboxylic acids is 1. The summed E-state index contributed by atoms with van der Waals surface area (Å²) in [5, 5.41) is 9.82. The minimum Gasteiger partial charge on any atom is -0.488 e. The van der Waals surface area contributed by atoms with Gasteiger partial charge >= 0.3 is 5.97 Å². The number of benzene rings is 3. The highest BCUT2D eigenvalue weighted by Crippen LogP contribution is 2.37. The van der Waals surface area contributed by atoms with E-state index < -0.39 is 17.6 Å². The zero-order chi connectivity index (χ0) is 26.1. The number of carbonyl (C=O) groups is 1. The monoisotopic (exact) mass is 566 g/mol. The number of aryl methyl sites for hydroxylation is 1. The van der Waals surface area contributed by atoms with Crippen LogP contribution in [0, 0.1) is 18.6 Å². The van der Waals surface area contributed by atoms with Crippen molar-refractivity contribution in [1.29, 1.82) is 0 Å². The van der Waals surface area contributed by atoms with Crippen LogP contribution in [0.4, 0.5) is 14.5 Å². The van der Waals surface area contributed by atoms with Gasteiger partial charge in [-0.3, -0.25) is 0 Å². The van der Waals surface area contributed by atoms with Crippen molar-refractivity contribution in [2.45, 2.75) is 26.4 Å². The number of nitrogens with zero attached hydrogens (tertiary/aromatic N) is 2. The second-order valence-corrected chi connectivity index (χ2v) is 10.0. The molecule has 0 saturated carbocycles. The summed E-state index contributed by atoms with van der Waals surface area (Å²) in [6, 6.07) is 18.3. The molecule has 0 bridgehead atoms. The third-order valence-corrected chi connectivity index (χ3v) is 7.06. The number of aromatic carboxylic acids is 1. The molecule has 4 aromatic rings. The molecular formula is C29H25BrF2N2O3. The van der Waals surface area contributed by atoms with E-state index in [2.05, 4.69) is 20.8 Å². The Morgan fingerprint density at radius 1 is 0.973 bits per heavy atom. The lowest BCUT2D eigenvalue weighted by atomic mass is 10.1. The van der Waals surface area contributed by atoms with Gasteiger partial charge in [0.1, 0.15) is 24.0 Å². The Bertz CT molecular complexity index is 1480. The highest BCUT2D eigenvalue weighted by Gasteiger charge is 2.20. The number of rotatable bonds is 7. The SMILES string of the molecule is Cc1ccc(-c2cc(Br)ccc2OCc2ccc(F)cc2F)n1-c1cc(C(=O)O)cc(N2CCCC2)c1. The summed E-state index contributed by atoms with van der Waals surface area (Å²) < 4.78 is 36.4. The molecule has 0 radical (unpaired) electrons. The van der Waals surface area contributed by atoms with Crippen molar-refractivity contribution in [3.8, 4) is 22.7 Å². The van der Waals surface area contributed by atoms with Crippen LogP contribution in [0.25, 0.3) is 16.9 Å². The Balaban J connectivity index is 1.58. The molecule has 8 heteroatoms. The molecular weight excluding hydrogens is 542 g/mol. The fourth-order valence-corrected chi connectivity index (χ4v) is 5.08. The minimum atomic E-state index is -0.985. The molecule has 1 aliphatic heterocycles. The van der Waals surface area contributed by atoms with Gasteiger partial charge in [0, 0.05) is 51.8 Å². The number of hydrogen-bond acceptors (Lipinski definition) is 3. The molecule has 1 N–H and O–H groups in total. The summed E-state index contributed by atoms with van der Waals surface area (Å²) >= 11 is 3.53. The van der Waals surface area contributed by atoms with E-state index in [1.807, 2.05) is 41.8 Å². The largest absolute Gasteiger partial charge is 0.488 e. The fourth-order valence-electron chi connectivity index (χ4n) is 4.72. The maximum atomic E-state index is 14.2. The molecule has 0 atom stereocenters. The van der Waals surface area contributed by atoms with Crippen LogP contribution in [-0.4, -0.2) is 28.7 Å². The van der Waals surface area contributed by atoms with Gasteiger partial charge < -0.3 is 19.3 Å². The number of hydrogen-bond donors (Lipinski definition) is 1. The average Bonchev–Trinajstić information content (AvgIpc) is 3.54. The van der Waals surface area contributed by atoms with Gasteiger partial charge in [0.25, 0.3) is 0 Å². The van der Waals surface area contributed by atoms with E-state index in [1.165, 1.54) is 12.1 Å². The molecule has 5 rings (SSSR count). The normalized spacial score (nSPS) is 13.2. The molecule has 1 aliphatic rings. The zero-order valence-electron chi connectivity index (χ0n) is 20.2. The average molecular weight is 567 g/mol. The smallest absolute Gasteiger partial charge is 0.335 e. The fraction of sp³-hybridized carbons (Fsp3) is 0.207. The number of aromatic nitrogens is 1. The van der Waals surface area contributed by atoms with E-state index in [4.69, 9.17) is 4.74 Å². The Labute approximate surface area is 222 Å². The van der Waals surface area contributed by atoms with Crippen molar-refractivity contribution in [3.05, 3.63) is 99.7 Å². The van der Waals surface area contributed by atoms with Crippen molar-refractivity contribution in [2.24, 2.45) is 0 Å². The van der Waals surface area contributed by atoms with E-state index in [0.29, 0.717) is 5.75 Å². The van der Waals surface area contributed by atoms with E-state index >= 15 is 0 Å². The predicted molar refractivity (Wildman–Crippen MR) is 143 cm³/mol. The molecule has 2 heterocycles. The van der Waals surface area contributed by atoms with Crippen LogP contribution in [0.2, 0.25) is 0 Å². The van der Waals surface area contributed by atoms with Crippen LogP contribution in [0.1, 0.15) is 34.5 Å². The van der Waals surface area contributed by atoms with Gasteiger partial charge in [-0.25, -0.2) is 13.6 Å². The lowest BCUT2D eigenvalue weighted by Crippen LogP contribution is -2.18. The summed E-state index contributed by atoms with van der Waals surface area (Å²) in [7, 11) is 0. The second kappa shape index (κ2) is 10.4. The number of anilines is 1. The third-order valence-electron chi connectivity index (χ3n) is 6.57. The summed E-state index contributed by atoms with van der Waals surface area (Å²) in [6.45, 7) is 3.67. The Kier molecular flexibility index (Phi) is 7.02. The lowest BCUT2D eigenvalue weighted by molar-refractivity contribution is 0.0697. The van der Waals surface area contributed by atoms with Gasteiger partial charge in [-0.1, -0.05) is 15.9 Å². The molecule has 1 saturated heterocycles. The van der Waals surface area contributed by atoms with Crippen molar-refractivity contribution >= 4 is 27.6 Å². The van der Waals surface area contributed by atoms with Crippen molar-refractivity contribution in [3.63, 3.8) is 0 Å². The molecule has 3 aromatic carbocycles. The molecule has 1 aromatic heterocycles. The minimum absolute atomic E-state index is 0.0754. The van der Waals surface area contributed by atoms with Crippen LogP contribution in [0.3, 0.4) is 0 Å². The molecule has 37 heavy (non-hydrogen) atoms. The number of halogens is 3. The first-order valence-corrected chi connectivity index (χ1v) is 12.8. The van der Waals surface area contributed by atoms with Crippen LogP contribution < -0.4 is 9.64 Å². The third kappa shape index (κ3) is 5.25. The first-order valence-electron chi connectivity index (χ1n) is 12.0. The van der Waals surface area contributed by atoms with E-state index in [0.717, 1.165) is 64.8 Å². The Morgan fingerprint density at radius 2 is 1.73 bits per heavy atom. The molecule has 0 unspecified atom stereocenters. The first-order chi connectivity index (χ1) is 17.8. The molecule has 0 aliphatic carbocycles. The van der Waals surface area contributed by atoms with E-state index in [1.54, 1.807) is 18.2 Å². The quantitative estimate of drug-likeness (QED) is 0.254. The standard InChI is InChI=1S/C29H25BrF2N2O3/c1-18-4-8-27(34(18)24-13-20(29(35)36)12-23(16-24)33-10-2-3-11-33)25-14-21(30)6-9-28(25)37-17-19-5-7-22(31)15-26(19)32/h4-9,12-16H,2-3,10-11,17H2,1H3,(H,35,36). The zero-order valence-corrected chi connectivity index (χ0v) is 21.8. The van der Waals surface area contributed by atoms with Crippen molar-refractivity contribution < 1.29 is 23.4 Å². The van der Waals surface area contributed by atoms with Crippen LogP contribution in [0.5, 0.6) is 5.75 Å². The van der Waals surface area contributed by atoms with Crippen LogP contribution in [0.15, 0.2) is 71.2 Å². The van der Waals surface area contributed by atoms with Crippen molar-refractivity contribution in [2.75, 3.05) is 18.0 Å². The molecule has 190 valence electrons. The van der Waals surface area contributed by atoms with Crippen LogP contribution in [-0.2, 0) is 6.61 Å². The maximum absolute atomic E-state index is 14.2. The van der Waals surface area contributed by atoms with Gasteiger partial charge in [-0.05, 0) is 80.4 Å². The summed E-state index contributed by atoms with van der Waals surface area (Å²) in [4.78, 5) is 14.2. The second-order valence-electron chi connectivity index (χ2n) is 9.10. The van der Waals surface area contributed by atoms with E-state index in [-0.39, 0.29) is 17.7 Å². The Morgan fingerprint density at radius 3 is 2.46 bits per heavy atom. The van der Waals surface area contributed by atoms with E-state index in [9.17, 15) is 18.7 Å². The van der Waals surface area contributed by atoms with Gasteiger partial charge in [-0.15, -0.1) is 0 Å². The maximum Gasteiger partial charge on any atom is 0.335 e. The summed E-state index contributed by atoms with van der Waals surface area (Å²) in [6.07, 6.45) is 2.15. The Hall–Kier alpha value is -3.65. The number of ether oxygens (including phenoxy) is 1. The van der Waals surface area contributed by atoms with Gasteiger partial charge in [0.15, 0.2) is 0 Å². The van der Waals surface area contributed by atoms with Gasteiger partial charge in [0.05, 0.1) is 11.3 Å². The first kappa shape index (κ1) is 25.0. The molecule has 5 nitrogen and oxygen atoms in total. The predicted octanol–water partition coefficient (Wildman–Crippen LogP) is 7.37. The molecule has 0 amide bonds. The topological polar surface area (TPSA) is 54.7 Å². The van der Waals surface area contributed by atoms with Gasteiger partial charge in [0.2, 0.25) is 0 Å². The highest BCUT2D eigenvalue weighted by atomic mass is 79.9. The molecule has 1 fully saturated rings. The van der Waals surface area contributed by atoms with Crippen LogP contribution >= 0.6 is 15.9 Å². The van der Waals surface area contributed by atoms with Gasteiger partial charge in [-0.2, -0.15) is 0 Å².